The zero-order valence-corrected chi connectivity index (χ0v) is 25.8. The lowest BCUT2D eigenvalue weighted by molar-refractivity contribution is -0.131. The Morgan fingerprint density at radius 2 is 1.76 bits per heavy atom. The Bertz CT molecular complexity index is 1780. The number of rotatable bonds is 10. The largest absolute Gasteiger partial charge is 0.493 e. The number of aromatic nitrogens is 1. The number of carboxylic acids is 1. The predicted molar refractivity (Wildman–Crippen MR) is 177 cm³/mol. The number of aliphatic carboxylic acids is 1. The second kappa shape index (κ2) is 12.6. The summed E-state index contributed by atoms with van der Waals surface area (Å²) in [6.07, 6.45) is 9.22. The summed E-state index contributed by atoms with van der Waals surface area (Å²) in [6.45, 7) is 2.21. The number of carbonyl (C=O) groups is 3. The van der Waals surface area contributed by atoms with Crippen molar-refractivity contribution in [3.8, 4) is 17.0 Å². The molecule has 232 valence electrons. The molecule has 2 fully saturated rings. The summed E-state index contributed by atoms with van der Waals surface area (Å²) >= 11 is 0. The minimum atomic E-state index is -1.06. The smallest absolute Gasteiger partial charge is 0.328 e. The molecule has 1 aromatic heterocycles. The van der Waals surface area contributed by atoms with Gasteiger partial charge in [-0.2, -0.15) is 0 Å². The van der Waals surface area contributed by atoms with Gasteiger partial charge in [0.25, 0.3) is 5.91 Å². The third-order valence-corrected chi connectivity index (χ3v) is 9.28. The number of hydrogen-bond donors (Lipinski definition) is 3. The molecule has 0 spiro atoms. The second-order valence-electron chi connectivity index (χ2n) is 12.1. The molecule has 4 aromatic rings. The molecule has 2 saturated carbocycles. The molecule has 0 saturated heterocycles. The number of benzene rings is 3. The average molecular weight is 606 g/mol. The Labute approximate surface area is 263 Å². The van der Waals surface area contributed by atoms with E-state index in [0.29, 0.717) is 47.9 Å². The van der Waals surface area contributed by atoms with Crippen molar-refractivity contribution in [2.24, 2.45) is 7.05 Å². The first kappa shape index (κ1) is 30.2. The molecular formula is C37H39N3O5. The molecule has 8 heteroatoms. The van der Waals surface area contributed by atoms with Crippen LogP contribution < -0.4 is 15.4 Å². The molecule has 0 bridgehead atoms. The number of carbonyl (C=O) groups excluding carboxylic acids is 2. The standard InChI is InChI=1S/C37H39N3O5/c1-3-45-31-23-28(17-14-24(31)16-19-32(41)42)38-36(44)37(20-9-21-37)39-35(43)27-15-18-29-30(22-27)40(2)34(26-12-5-4-6-13-26)33(29)25-10-7-8-11-25/h4-6,12-19,22-23,25H,3,7-11,20-21H2,1-2H3,(H,38,44)(H,39,43)(H,41,42)/b19-16+. The summed E-state index contributed by atoms with van der Waals surface area (Å²) in [7, 11) is 2.07. The molecule has 2 amide bonds. The van der Waals surface area contributed by atoms with Gasteiger partial charge < -0.3 is 25.0 Å². The molecule has 0 atom stereocenters. The van der Waals surface area contributed by atoms with Gasteiger partial charge in [0.1, 0.15) is 11.3 Å². The third-order valence-electron chi connectivity index (χ3n) is 9.28. The third kappa shape index (κ3) is 5.97. The van der Waals surface area contributed by atoms with Crippen molar-refractivity contribution in [3.63, 3.8) is 0 Å². The van der Waals surface area contributed by atoms with Gasteiger partial charge in [0, 0.05) is 46.9 Å². The molecule has 45 heavy (non-hydrogen) atoms. The SMILES string of the molecule is CCOc1cc(NC(=O)C2(NC(=O)c3ccc4c(C5CCCC5)c(-c5ccccc5)n(C)c4c3)CCC2)ccc1/C=C/C(=O)O. The number of nitrogens with one attached hydrogen (secondary N) is 2. The Morgan fingerprint density at radius 3 is 2.42 bits per heavy atom. The quantitative estimate of drug-likeness (QED) is 0.165. The lowest BCUT2D eigenvalue weighted by atomic mass is 9.75. The van der Waals surface area contributed by atoms with Crippen LogP contribution in [0.3, 0.4) is 0 Å². The Balaban J connectivity index is 1.26. The summed E-state index contributed by atoms with van der Waals surface area (Å²) in [5, 5.41) is 16.2. The highest BCUT2D eigenvalue weighted by Gasteiger charge is 2.45. The number of nitrogens with zero attached hydrogens (tertiary/aromatic N) is 1. The van der Waals surface area contributed by atoms with Gasteiger partial charge in [0.15, 0.2) is 0 Å². The van der Waals surface area contributed by atoms with Gasteiger partial charge in [0.05, 0.1) is 12.3 Å². The van der Waals surface area contributed by atoms with Crippen LogP contribution in [0.25, 0.3) is 28.2 Å². The molecular weight excluding hydrogens is 566 g/mol. The van der Waals surface area contributed by atoms with Crippen molar-refractivity contribution in [2.45, 2.75) is 63.3 Å². The molecule has 2 aliphatic rings. The van der Waals surface area contributed by atoms with E-state index in [1.54, 1.807) is 18.2 Å². The summed E-state index contributed by atoms with van der Waals surface area (Å²) in [5.74, 6) is -0.665. The molecule has 3 aromatic carbocycles. The molecule has 0 aliphatic heterocycles. The van der Waals surface area contributed by atoms with Crippen LogP contribution in [0.5, 0.6) is 5.75 Å². The predicted octanol–water partition coefficient (Wildman–Crippen LogP) is 7.29. The fraction of sp³-hybridized carbons (Fsp3) is 0.324. The number of aryl methyl sites for hydroxylation is 1. The van der Waals surface area contributed by atoms with Gasteiger partial charge >= 0.3 is 5.97 Å². The molecule has 0 radical (unpaired) electrons. The van der Waals surface area contributed by atoms with Gasteiger partial charge in [-0.25, -0.2) is 4.79 Å². The first-order chi connectivity index (χ1) is 21.8. The number of carboxylic acid groups (broad SMARTS) is 1. The van der Waals surface area contributed by atoms with E-state index < -0.39 is 11.5 Å². The van der Waals surface area contributed by atoms with Crippen molar-refractivity contribution < 1.29 is 24.2 Å². The van der Waals surface area contributed by atoms with Crippen LogP contribution in [0.15, 0.2) is 72.8 Å². The van der Waals surface area contributed by atoms with E-state index in [1.807, 2.05) is 25.1 Å². The lowest BCUT2D eigenvalue weighted by Gasteiger charge is -2.40. The highest BCUT2D eigenvalue weighted by atomic mass is 16.5. The van der Waals surface area contributed by atoms with Crippen molar-refractivity contribution in [1.82, 2.24) is 9.88 Å². The Hall–Kier alpha value is -4.85. The lowest BCUT2D eigenvalue weighted by Crippen LogP contribution is -2.61. The normalized spacial score (nSPS) is 16.0. The zero-order chi connectivity index (χ0) is 31.6. The van der Waals surface area contributed by atoms with Crippen molar-refractivity contribution in [1.29, 1.82) is 0 Å². The molecule has 0 unspecified atom stereocenters. The summed E-state index contributed by atoms with van der Waals surface area (Å²) in [5.41, 5.74) is 5.37. The van der Waals surface area contributed by atoms with E-state index in [4.69, 9.17) is 9.84 Å². The van der Waals surface area contributed by atoms with Crippen LogP contribution in [0.2, 0.25) is 0 Å². The van der Waals surface area contributed by atoms with E-state index in [0.717, 1.165) is 18.0 Å². The maximum atomic E-state index is 13.7. The van der Waals surface area contributed by atoms with Crippen LogP contribution in [0.4, 0.5) is 5.69 Å². The topological polar surface area (TPSA) is 110 Å². The second-order valence-corrected chi connectivity index (χ2v) is 12.1. The van der Waals surface area contributed by atoms with Gasteiger partial charge in [0.2, 0.25) is 5.91 Å². The van der Waals surface area contributed by atoms with E-state index in [-0.39, 0.29) is 11.8 Å². The maximum Gasteiger partial charge on any atom is 0.328 e. The van der Waals surface area contributed by atoms with Crippen LogP contribution >= 0.6 is 0 Å². The van der Waals surface area contributed by atoms with Gasteiger partial charge in [-0.15, -0.1) is 0 Å². The van der Waals surface area contributed by atoms with Crippen LogP contribution in [-0.2, 0) is 16.6 Å². The van der Waals surface area contributed by atoms with Gasteiger partial charge in [-0.1, -0.05) is 49.2 Å². The van der Waals surface area contributed by atoms with E-state index in [1.165, 1.54) is 54.0 Å². The monoisotopic (exact) mass is 605 g/mol. The highest BCUT2D eigenvalue weighted by molar-refractivity contribution is 6.06. The number of anilines is 1. The van der Waals surface area contributed by atoms with Crippen molar-refractivity contribution in [2.75, 3.05) is 11.9 Å². The molecule has 8 nitrogen and oxygen atoms in total. The summed E-state index contributed by atoms with van der Waals surface area (Å²) < 4.78 is 7.90. The Kier molecular flexibility index (Phi) is 8.48. The maximum absolute atomic E-state index is 13.7. The first-order valence-corrected chi connectivity index (χ1v) is 15.8. The van der Waals surface area contributed by atoms with Crippen molar-refractivity contribution in [3.05, 3.63) is 89.5 Å². The van der Waals surface area contributed by atoms with Crippen LogP contribution in [0.1, 0.15) is 79.3 Å². The fourth-order valence-electron chi connectivity index (χ4n) is 6.85. The molecule has 1 heterocycles. The summed E-state index contributed by atoms with van der Waals surface area (Å²) in [4.78, 5) is 38.3. The molecule has 3 N–H and O–H groups in total. The molecule has 6 rings (SSSR count). The first-order valence-electron chi connectivity index (χ1n) is 15.8. The Morgan fingerprint density at radius 1 is 1.00 bits per heavy atom. The minimum Gasteiger partial charge on any atom is -0.493 e. The van der Waals surface area contributed by atoms with Crippen LogP contribution in [-0.4, -0.2) is 39.6 Å². The van der Waals surface area contributed by atoms with Crippen molar-refractivity contribution >= 4 is 40.4 Å². The number of amides is 2. The van der Waals surface area contributed by atoms with Crippen LogP contribution in [0, 0.1) is 0 Å². The number of fused-ring (bicyclic) bond motifs is 1. The van der Waals surface area contributed by atoms with Gasteiger partial charge in [-0.05, 0) is 86.4 Å². The fourth-order valence-corrected chi connectivity index (χ4v) is 6.85. The van der Waals surface area contributed by atoms with E-state index in [9.17, 15) is 14.4 Å². The number of ether oxygens (including phenoxy) is 1. The summed E-state index contributed by atoms with van der Waals surface area (Å²) in [6, 6.07) is 21.4. The van der Waals surface area contributed by atoms with E-state index in [2.05, 4.69) is 52.6 Å². The average Bonchev–Trinajstić information content (AvgIpc) is 3.65. The number of hydrogen-bond acceptors (Lipinski definition) is 4. The molecule has 2 aliphatic carbocycles. The minimum absolute atomic E-state index is 0.277. The van der Waals surface area contributed by atoms with E-state index >= 15 is 0 Å². The highest BCUT2D eigenvalue weighted by Crippen LogP contribution is 2.44. The zero-order valence-electron chi connectivity index (χ0n) is 25.8. The van der Waals surface area contributed by atoms with Gasteiger partial charge in [-0.3, -0.25) is 9.59 Å².